The lowest BCUT2D eigenvalue weighted by atomic mass is 9.78. The van der Waals surface area contributed by atoms with E-state index in [1.807, 2.05) is 6.92 Å². The molecule has 2 rings (SSSR count). The van der Waals surface area contributed by atoms with Gasteiger partial charge in [0.1, 0.15) is 0 Å². The van der Waals surface area contributed by atoms with Gasteiger partial charge in [0.05, 0.1) is 12.5 Å². The van der Waals surface area contributed by atoms with Crippen LogP contribution in [0.15, 0.2) is 0 Å². The molecule has 4 heteroatoms. The Morgan fingerprint density at radius 3 is 2.33 bits per heavy atom. The fourth-order valence-corrected chi connectivity index (χ4v) is 3.03. The summed E-state index contributed by atoms with van der Waals surface area (Å²) in [6, 6.07) is 0.348. The molecule has 2 unspecified atom stereocenters. The van der Waals surface area contributed by atoms with Crippen LogP contribution in [0.1, 0.15) is 32.6 Å². The van der Waals surface area contributed by atoms with E-state index in [1.165, 1.54) is 12.8 Å². The highest BCUT2D eigenvalue weighted by Gasteiger charge is 2.43. The van der Waals surface area contributed by atoms with Gasteiger partial charge >= 0.3 is 5.97 Å². The zero-order valence-corrected chi connectivity index (χ0v) is 9.96. The van der Waals surface area contributed by atoms with Crippen molar-refractivity contribution in [2.45, 2.75) is 38.6 Å². The average molecular weight is 234 g/mol. The zero-order valence-electron chi connectivity index (χ0n) is 9.15. The summed E-state index contributed by atoms with van der Waals surface area (Å²) in [4.78, 5) is 11.6. The van der Waals surface area contributed by atoms with Gasteiger partial charge in [-0.15, -0.1) is 12.4 Å². The molecule has 2 fully saturated rings. The number of fused-ring (bicyclic) bond motifs is 2. The van der Waals surface area contributed by atoms with Crippen LogP contribution >= 0.6 is 12.4 Å². The summed E-state index contributed by atoms with van der Waals surface area (Å²) in [5.74, 6) is 1.27. The highest BCUT2D eigenvalue weighted by atomic mass is 35.5. The molecule has 2 N–H and O–H groups in total. The highest BCUT2D eigenvalue weighted by molar-refractivity contribution is 5.85. The molecule has 2 aliphatic carbocycles. The molecule has 0 aromatic heterocycles. The maximum absolute atomic E-state index is 11.6. The lowest BCUT2D eigenvalue weighted by Gasteiger charge is -2.31. The monoisotopic (exact) mass is 233 g/mol. The Morgan fingerprint density at radius 2 is 1.87 bits per heavy atom. The van der Waals surface area contributed by atoms with E-state index in [0.717, 1.165) is 12.8 Å². The first-order valence-electron chi connectivity index (χ1n) is 5.64. The minimum absolute atomic E-state index is 0. The summed E-state index contributed by atoms with van der Waals surface area (Å²) < 4.78 is 5.06. The van der Waals surface area contributed by atoms with Crippen LogP contribution in [0.3, 0.4) is 0 Å². The van der Waals surface area contributed by atoms with E-state index >= 15 is 0 Å². The number of esters is 1. The van der Waals surface area contributed by atoms with Crippen molar-refractivity contribution in [2.75, 3.05) is 6.61 Å². The van der Waals surface area contributed by atoms with Crippen LogP contribution in [-0.2, 0) is 9.53 Å². The van der Waals surface area contributed by atoms with Crippen molar-refractivity contribution < 1.29 is 9.53 Å². The van der Waals surface area contributed by atoms with Gasteiger partial charge in [0, 0.05) is 6.04 Å². The third kappa shape index (κ3) is 2.45. The minimum atomic E-state index is -0.00343. The number of hydrogen-bond acceptors (Lipinski definition) is 3. The van der Waals surface area contributed by atoms with Crippen LogP contribution in [0, 0.1) is 17.8 Å². The molecule has 0 heterocycles. The van der Waals surface area contributed by atoms with Gasteiger partial charge in [0.15, 0.2) is 0 Å². The molecular weight excluding hydrogens is 214 g/mol. The maximum Gasteiger partial charge on any atom is 0.308 e. The number of ether oxygens (including phenoxy) is 1. The molecule has 0 aromatic carbocycles. The molecule has 0 aliphatic heterocycles. The molecule has 2 atom stereocenters. The Balaban J connectivity index is 0.00000112. The number of halogens is 1. The smallest absolute Gasteiger partial charge is 0.308 e. The molecule has 3 nitrogen and oxygen atoms in total. The van der Waals surface area contributed by atoms with Crippen molar-refractivity contribution in [3.63, 3.8) is 0 Å². The molecule has 0 amide bonds. The molecule has 2 bridgehead atoms. The van der Waals surface area contributed by atoms with Gasteiger partial charge < -0.3 is 10.5 Å². The van der Waals surface area contributed by atoms with Crippen LogP contribution < -0.4 is 5.73 Å². The summed E-state index contributed by atoms with van der Waals surface area (Å²) >= 11 is 0. The predicted octanol–water partition coefficient (Wildman–Crippen LogP) is 1.73. The van der Waals surface area contributed by atoms with E-state index in [9.17, 15) is 4.79 Å². The van der Waals surface area contributed by atoms with Crippen LogP contribution in [0.5, 0.6) is 0 Å². The van der Waals surface area contributed by atoms with Gasteiger partial charge in [-0.2, -0.15) is 0 Å². The average Bonchev–Trinajstić information content (AvgIpc) is 2.42. The Bertz CT molecular complexity index is 221. The van der Waals surface area contributed by atoms with Gasteiger partial charge in [0.25, 0.3) is 0 Å². The largest absolute Gasteiger partial charge is 0.466 e. The second-order valence-corrected chi connectivity index (χ2v) is 4.60. The molecule has 0 radical (unpaired) electrons. The van der Waals surface area contributed by atoms with E-state index in [2.05, 4.69) is 0 Å². The first-order chi connectivity index (χ1) is 6.72. The first-order valence-corrected chi connectivity index (χ1v) is 5.64. The van der Waals surface area contributed by atoms with Gasteiger partial charge in [0.2, 0.25) is 0 Å². The van der Waals surface area contributed by atoms with Gasteiger partial charge in [-0.25, -0.2) is 0 Å². The minimum Gasteiger partial charge on any atom is -0.466 e. The van der Waals surface area contributed by atoms with E-state index < -0.39 is 0 Å². The van der Waals surface area contributed by atoms with Crippen molar-refractivity contribution >= 4 is 18.4 Å². The van der Waals surface area contributed by atoms with Gasteiger partial charge in [-0.1, -0.05) is 0 Å². The summed E-state index contributed by atoms with van der Waals surface area (Å²) in [5, 5.41) is 0. The van der Waals surface area contributed by atoms with Crippen molar-refractivity contribution in [3.8, 4) is 0 Å². The lowest BCUT2D eigenvalue weighted by molar-refractivity contribution is -0.150. The molecular formula is C11H20ClNO2. The fourth-order valence-electron chi connectivity index (χ4n) is 3.03. The zero-order chi connectivity index (χ0) is 10.1. The number of hydrogen-bond donors (Lipinski definition) is 1. The molecule has 15 heavy (non-hydrogen) atoms. The first kappa shape index (κ1) is 12.8. The second kappa shape index (κ2) is 5.17. The van der Waals surface area contributed by atoms with Crippen LogP contribution in [0.2, 0.25) is 0 Å². The topological polar surface area (TPSA) is 52.3 Å². The van der Waals surface area contributed by atoms with Gasteiger partial charge in [-0.3, -0.25) is 4.79 Å². The molecule has 0 spiro atoms. The van der Waals surface area contributed by atoms with E-state index in [1.54, 1.807) is 0 Å². The Labute approximate surface area is 97.1 Å². The van der Waals surface area contributed by atoms with Crippen molar-refractivity contribution in [2.24, 2.45) is 23.5 Å². The third-order valence-electron chi connectivity index (χ3n) is 3.79. The van der Waals surface area contributed by atoms with Crippen molar-refractivity contribution in [1.82, 2.24) is 0 Å². The third-order valence-corrected chi connectivity index (χ3v) is 3.79. The molecule has 88 valence electrons. The fraction of sp³-hybridized carbons (Fsp3) is 0.909. The maximum atomic E-state index is 11.6. The van der Waals surface area contributed by atoms with Crippen LogP contribution in [0.25, 0.3) is 0 Å². The van der Waals surface area contributed by atoms with Crippen LogP contribution in [-0.4, -0.2) is 18.6 Å². The SMILES string of the molecule is CCOC(=O)C1CC2CCC(C1)C2N.Cl. The number of rotatable bonds is 2. The summed E-state index contributed by atoms with van der Waals surface area (Å²) in [7, 11) is 0. The number of carbonyl (C=O) groups excluding carboxylic acids is 1. The molecule has 0 saturated heterocycles. The quantitative estimate of drug-likeness (QED) is 0.740. The second-order valence-electron chi connectivity index (χ2n) is 4.60. The summed E-state index contributed by atoms with van der Waals surface area (Å²) in [6.07, 6.45) is 4.33. The number of carbonyl (C=O) groups is 1. The van der Waals surface area contributed by atoms with E-state index in [-0.39, 0.29) is 24.3 Å². The summed E-state index contributed by atoms with van der Waals surface area (Å²) in [6.45, 7) is 2.36. The summed E-state index contributed by atoms with van der Waals surface area (Å²) in [5.41, 5.74) is 6.07. The molecule has 0 aromatic rings. The van der Waals surface area contributed by atoms with E-state index in [4.69, 9.17) is 10.5 Å². The normalized spacial score (nSPS) is 38.3. The van der Waals surface area contributed by atoms with Crippen LogP contribution in [0.4, 0.5) is 0 Å². The lowest BCUT2D eigenvalue weighted by Crippen LogP contribution is -2.40. The van der Waals surface area contributed by atoms with Crippen molar-refractivity contribution in [3.05, 3.63) is 0 Å². The molecule has 2 aliphatic rings. The Kier molecular flexibility index (Phi) is 4.41. The van der Waals surface area contributed by atoms with Crippen molar-refractivity contribution in [1.29, 1.82) is 0 Å². The van der Waals surface area contributed by atoms with E-state index in [0.29, 0.717) is 24.5 Å². The number of nitrogens with two attached hydrogens (primary N) is 1. The highest BCUT2D eigenvalue weighted by Crippen LogP contribution is 2.44. The van der Waals surface area contributed by atoms with Gasteiger partial charge in [-0.05, 0) is 44.4 Å². The predicted molar refractivity (Wildman–Crippen MR) is 60.8 cm³/mol. The Hall–Kier alpha value is -0.280. The molecule has 2 saturated carbocycles. The Morgan fingerprint density at radius 1 is 1.33 bits per heavy atom. The standard InChI is InChI=1S/C11H19NO2.ClH/c1-2-14-11(13)9-5-7-3-4-8(6-9)10(7)12;/h7-10H,2-6,12H2,1H3;1H.